The predicted molar refractivity (Wildman–Crippen MR) is 116 cm³/mol. The van der Waals surface area contributed by atoms with Crippen LogP contribution in [0.25, 0.3) is 0 Å². The average Bonchev–Trinajstić information content (AvgIpc) is 3.18. The minimum absolute atomic E-state index is 0.174. The third-order valence-electron chi connectivity index (χ3n) is 5.75. The Bertz CT molecular complexity index is 909. The zero-order chi connectivity index (χ0) is 25.1. The molecule has 10 nitrogen and oxygen atoms in total. The normalized spacial score (nSPS) is 21.5. The van der Waals surface area contributed by atoms with Crippen LogP contribution in [-0.2, 0) is 15.8 Å². The molecule has 1 saturated heterocycles. The van der Waals surface area contributed by atoms with Crippen LogP contribution in [0.2, 0.25) is 0 Å². The maximum Gasteiger partial charge on any atom is 0.419 e. The maximum absolute atomic E-state index is 13.3. The van der Waals surface area contributed by atoms with Crippen molar-refractivity contribution in [3.05, 3.63) is 18.0 Å². The summed E-state index contributed by atoms with van der Waals surface area (Å²) >= 11 is 0. The van der Waals surface area contributed by atoms with Gasteiger partial charge in [0.15, 0.2) is 0 Å². The molecule has 2 heterocycles. The summed E-state index contributed by atoms with van der Waals surface area (Å²) in [6.07, 6.45) is -3.06. The Morgan fingerprint density at radius 2 is 1.79 bits per heavy atom. The van der Waals surface area contributed by atoms with Crippen LogP contribution in [0.3, 0.4) is 0 Å². The lowest BCUT2D eigenvalue weighted by Crippen LogP contribution is -2.54. The van der Waals surface area contributed by atoms with Gasteiger partial charge < -0.3 is 25.1 Å². The molecule has 2 N–H and O–H groups in total. The Hall–Kier alpha value is -3.12. The first kappa shape index (κ1) is 25.5. The van der Waals surface area contributed by atoms with Gasteiger partial charge in [-0.2, -0.15) is 13.2 Å². The van der Waals surface area contributed by atoms with Gasteiger partial charge >= 0.3 is 12.3 Å². The smallest absolute Gasteiger partial charge is 0.419 e. The second-order valence-corrected chi connectivity index (χ2v) is 9.41. The van der Waals surface area contributed by atoms with Gasteiger partial charge in [0.25, 0.3) is 5.91 Å². The fourth-order valence-corrected chi connectivity index (χ4v) is 3.86. The molecule has 188 valence electrons. The van der Waals surface area contributed by atoms with Crippen molar-refractivity contribution in [2.45, 2.75) is 58.4 Å². The number of alkyl halides is 3. The molecule has 0 bridgehead atoms. The van der Waals surface area contributed by atoms with E-state index < -0.39 is 35.4 Å². The molecule has 1 aliphatic heterocycles. The monoisotopic (exact) mass is 486 g/mol. The Kier molecular flexibility index (Phi) is 7.51. The minimum atomic E-state index is -4.50. The van der Waals surface area contributed by atoms with Crippen LogP contribution in [0.5, 0.6) is 0 Å². The molecule has 2 atom stereocenters. The largest absolute Gasteiger partial charge is 0.465 e. The molecule has 1 aliphatic carbocycles. The van der Waals surface area contributed by atoms with Crippen molar-refractivity contribution >= 4 is 23.7 Å². The number of rotatable bonds is 5. The number of carbonyl (C=O) groups excluding carboxylic acids is 1. The second-order valence-electron chi connectivity index (χ2n) is 9.41. The first-order valence-corrected chi connectivity index (χ1v) is 11.0. The Labute approximate surface area is 195 Å². The fraction of sp³-hybridized carbons (Fsp3) is 0.667. The van der Waals surface area contributed by atoms with E-state index in [9.17, 15) is 22.8 Å². The molecule has 1 unspecified atom stereocenters. The molecule has 1 aromatic rings. The quantitative estimate of drug-likeness (QED) is 0.614. The van der Waals surface area contributed by atoms with Crippen molar-refractivity contribution in [2.24, 2.45) is 10.6 Å². The van der Waals surface area contributed by atoms with E-state index in [1.807, 2.05) is 20.8 Å². The standard InChI is InChI=1S/C21H29F3N6O4/c1-20(2,3)16(34-28-15-6-4-5-14(15)27-19(32)33)17(31)29-7-9-30(10-8-29)18-25-11-13(12-26-18)21(22,23)24/h11-12,14,16,27H,4-10H2,1-3H3,(H,32,33)/t14?,16-/m1/s1. The number of nitrogens with one attached hydrogen (secondary N) is 1. The summed E-state index contributed by atoms with van der Waals surface area (Å²) in [5.41, 5.74) is -0.933. The van der Waals surface area contributed by atoms with E-state index >= 15 is 0 Å². The molecule has 2 amide bonds. The number of hydrogen-bond donors (Lipinski definition) is 2. The van der Waals surface area contributed by atoms with E-state index in [-0.39, 0.29) is 11.9 Å². The predicted octanol–water partition coefficient (Wildman–Crippen LogP) is 2.75. The third-order valence-corrected chi connectivity index (χ3v) is 5.75. The third kappa shape index (κ3) is 6.26. The number of carboxylic acid groups (broad SMARTS) is 1. The van der Waals surface area contributed by atoms with E-state index in [4.69, 9.17) is 9.94 Å². The topological polar surface area (TPSA) is 120 Å². The van der Waals surface area contributed by atoms with E-state index in [2.05, 4.69) is 20.4 Å². The molecule has 1 aromatic heterocycles. The molecule has 1 saturated carbocycles. The molecule has 0 radical (unpaired) electrons. The second kappa shape index (κ2) is 10.0. The van der Waals surface area contributed by atoms with Gasteiger partial charge in [-0.1, -0.05) is 25.9 Å². The molecular weight excluding hydrogens is 457 g/mol. The van der Waals surface area contributed by atoms with Gasteiger partial charge in [-0.25, -0.2) is 14.8 Å². The van der Waals surface area contributed by atoms with Gasteiger partial charge in [0.2, 0.25) is 12.1 Å². The number of amides is 2. The van der Waals surface area contributed by atoms with Crippen LogP contribution in [0.15, 0.2) is 17.5 Å². The molecule has 0 aromatic carbocycles. The summed E-state index contributed by atoms with van der Waals surface area (Å²) in [6.45, 7) is 6.90. The number of oxime groups is 1. The lowest BCUT2D eigenvalue weighted by Gasteiger charge is -2.38. The van der Waals surface area contributed by atoms with Gasteiger partial charge in [-0.3, -0.25) is 4.79 Å². The molecule has 34 heavy (non-hydrogen) atoms. The average molecular weight is 486 g/mol. The summed E-state index contributed by atoms with van der Waals surface area (Å²) in [5, 5.41) is 15.5. The van der Waals surface area contributed by atoms with Gasteiger partial charge in [0.05, 0.1) is 17.3 Å². The highest BCUT2D eigenvalue weighted by Gasteiger charge is 2.39. The van der Waals surface area contributed by atoms with Gasteiger partial charge in [-0.05, 0) is 19.3 Å². The lowest BCUT2D eigenvalue weighted by atomic mass is 9.88. The zero-order valence-electron chi connectivity index (χ0n) is 19.3. The lowest BCUT2D eigenvalue weighted by molar-refractivity contribution is -0.151. The van der Waals surface area contributed by atoms with Crippen LogP contribution in [-0.4, -0.2) is 76.0 Å². The number of hydrogen-bond acceptors (Lipinski definition) is 7. The molecule has 3 rings (SSSR count). The summed E-state index contributed by atoms with van der Waals surface area (Å²) in [6, 6.07) is -0.430. The minimum Gasteiger partial charge on any atom is -0.465 e. The highest BCUT2D eigenvalue weighted by Crippen LogP contribution is 2.29. The number of halogens is 3. The van der Waals surface area contributed by atoms with Crippen molar-refractivity contribution in [1.82, 2.24) is 20.2 Å². The van der Waals surface area contributed by atoms with Gasteiger partial charge in [0, 0.05) is 44.0 Å². The summed E-state index contributed by atoms with van der Waals surface area (Å²) < 4.78 is 38.2. The van der Waals surface area contributed by atoms with Crippen LogP contribution in [0.4, 0.5) is 23.9 Å². The van der Waals surface area contributed by atoms with Crippen LogP contribution >= 0.6 is 0 Å². The highest BCUT2D eigenvalue weighted by atomic mass is 19.4. The van der Waals surface area contributed by atoms with Gasteiger partial charge in [0.1, 0.15) is 0 Å². The van der Waals surface area contributed by atoms with Crippen LogP contribution in [0, 0.1) is 5.41 Å². The Morgan fingerprint density at radius 3 is 2.32 bits per heavy atom. The van der Waals surface area contributed by atoms with E-state index in [1.165, 1.54) is 0 Å². The first-order chi connectivity index (χ1) is 15.9. The summed E-state index contributed by atoms with van der Waals surface area (Å²) in [5.74, 6) is -0.0843. The van der Waals surface area contributed by atoms with E-state index in [0.717, 1.165) is 18.8 Å². The van der Waals surface area contributed by atoms with Crippen LogP contribution in [0.1, 0.15) is 45.6 Å². The molecule has 2 fully saturated rings. The van der Waals surface area contributed by atoms with Gasteiger partial charge in [-0.15, -0.1) is 0 Å². The number of carbonyl (C=O) groups is 2. The number of nitrogens with zero attached hydrogens (tertiary/aromatic N) is 5. The Balaban J connectivity index is 1.63. The summed E-state index contributed by atoms with van der Waals surface area (Å²) in [4.78, 5) is 40.9. The molecule has 0 spiro atoms. The fourth-order valence-electron chi connectivity index (χ4n) is 3.86. The van der Waals surface area contributed by atoms with Crippen molar-refractivity contribution in [3.8, 4) is 0 Å². The molecule has 2 aliphatic rings. The highest BCUT2D eigenvalue weighted by molar-refractivity contribution is 5.93. The summed E-state index contributed by atoms with van der Waals surface area (Å²) in [7, 11) is 0. The van der Waals surface area contributed by atoms with Crippen molar-refractivity contribution in [1.29, 1.82) is 0 Å². The Morgan fingerprint density at radius 1 is 1.18 bits per heavy atom. The SMILES string of the molecule is CC(C)(C)[C@H](ON=C1CCCC1NC(=O)O)C(=O)N1CCN(c2ncc(C(F)(F)F)cn2)CC1. The number of anilines is 1. The van der Waals surface area contributed by atoms with Crippen LogP contribution < -0.4 is 10.2 Å². The van der Waals surface area contributed by atoms with Crippen molar-refractivity contribution < 1.29 is 32.7 Å². The number of piperazine rings is 1. The number of aromatic nitrogens is 2. The molecule has 13 heteroatoms. The maximum atomic E-state index is 13.3. The van der Waals surface area contributed by atoms with Crippen molar-refractivity contribution in [3.63, 3.8) is 0 Å². The first-order valence-electron chi connectivity index (χ1n) is 11.0. The van der Waals surface area contributed by atoms with Crippen molar-refractivity contribution in [2.75, 3.05) is 31.1 Å². The van der Waals surface area contributed by atoms with E-state index in [1.54, 1.807) is 9.80 Å². The van der Waals surface area contributed by atoms with E-state index in [0.29, 0.717) is 44.7 Å². The molecular formula is C21H29F3N6O4. The zero-order valence-corrected chi connectivity index (χ0v) is 19.3.